The molecule has 0 radical (unpaired) electrons. The van der Waals surface area contributed by atoms with Crippen molar-refractivity contribution < 1.29 is 4.74 Å². The fourth-order valence-corrected chi connectivity index (χ4v) is 3.05. The molecule has 2 N–H and O–H groups in total. The summed E-state index contributed by atoms with van der Waals surface area (Å²) in [6.07, 6.45) is 5.54. The van der Waals surface area contributed by atoms with Gasteiger partial charge in [-0.3, -0.25) is 4.98 Å². The molecule has 4 nitrogen and oxygen atoms in total. The molecule has 1 aromatic carbocycles. The number of benzene rings is 1. The van der Waals surface area contributed by atoms with Gasteiger partial charge in [-0.25, -0.2) is 4.98 Å². The van der Waals surface area contributed by atoms with Crippen LogP contribution in [0.3, 0.4) is 0 Å². The molecule has 5 heteroatoms. The van der Waals surface area contributed by atoms with Crippen molar-refractivity contribution in [3.05, 3.63) is 42.7 Å². The Balaban J connectivity index is 1.87. The second-order valence-corrected chi connectivity index (χ2v) is 5.74. The van der Waals surface area contributed by atoms with Gasteiger partial charge in [0.1, 0.15) is 16.3 Å². The van der Waals surface area contributed by atoms with Gasteiger partial charge in [-0.1, -0.05) is 6.07 Å². The number of para-hydroxylation sites is 1. The monoisotopic (exact) mass is 299 g/mol. The SMILES string of the molecule is NCCCCOc1cccc2sc(-c3cccnc3)nc12. The molecular formula is C16H17N3OS. The molecule has 0 atom stereocenters. The van der Waals surface area contributed by atoms with E-state index in [2.05, 4.69) is 11.1 Å². The largest absolute Gasteiger partial charge is 0.491 e. The highest BCUT2D eigenvalue weighted by Crippen LogP contribution is 2.34. The number of ether oxygens (including phenoxy) is 1. The van der Waals surface area contributed by atoms with Gasteiger partial charge in [-0.15, -0.1) is 11.3 Å². The lowest BCUT2D eigenvalue weighted by Crippen LogP contribution is -2.03. The van der Waals surface area contributed by atoms with Crippen molar-refractivity contribution in [3.8, 4) is 16.3 Å². The fourth-order valence-electron chi connectivity index (χ4n) is 2.08. The van der Waals surface area contributed by atoms with Crippen LogP contribution in [0.2, 0.25) is 0 Å². The first-order valence-corrected chi connectivity index (χ1v) is 7.83. The van der Waals surface area contributed by atoms with Crippen molar-refractivity contribution in [2.45, 2.75) is 12.8 Å². The smallest absolute Gasteiger partial charge is 0.146 e. The van der Waals surface area contributed by atoms with Crippen LogP contribution >= 0.6 is 11.3 Å². The van der Waals surface area contributed by atoms with Crippen molar-refractivity contribution in [2.75, 3.05) is 13.2 Å². The zero-order chi connectivity index (χ0) is 14.5. The van der Waals surface area contributed by atoms with E-state index < -0.39 is 0 Å². The summed E-state index contributed by atoms with van der Waals surface area (Å²) < 4.78 is 6.97. The van der Waals surface area contributed by atoms with Gasteiger partial charge in [0.05, 0.1) is 11.3 Å². The lowest BCUT2D eigenvalue weighted by molar-refractivity contribution is 0.311. The van der Waals surface area contributed by atoms with E-state index in [0.29, 0.717) is 13.2 Å². The average molecular weight is 299 g/mol. The number of rotatable bonds is 6. The Kier molecular flexibility index (Phi) is 4.43. The van der Waals surface area contributed by atoms with Crippen LogP contribution in [0.5, 0.6) is 5.75 Å². The molecule has 0 amide bonds. The van der Waals surface area contributed by atoms with Gasteiger partial charge in [-0.05, 0) is 43.7 Å². The number of fused-ring (bicyclic) bond motifs is 1. The predicted molar refractivity (Wildman–Crippen MR) is 86.6 cm³/mol. The topological polar surface area (TPSA) is 61.0 Å². The van der Waals surface area contributed by atoms with Crippen LogP contribution in [-0.2, 0) is 0 Å². The normalized spacial score (nSPS) is 10.9. The summed E-state index contributed by atoms with van der Waals surface area (Å²) in [6, 6.07) is 9.99. The molecule has 108 valence electrons. The minimum absolute atomic E-state index is 0.677. The molecule has 0 bridgehead atoms. The van der Waals surface area contributed by atoms with Crippen LogP contribution in [0.4, 0.5) is 0 Å². The van der Waals surface area contributed by atoms with Crippen molar-refractivity contribution >= 4 is 21.6 Å². The van der Waals surface area contributed by atoms with Gasteiger partial charge in [0.25, 0.3) is 0 Å². The molecule has 0 aliphatic carbocycles. The molecular weight excluding hydrogens is 282 g/mol. The zero-order valence-electron chi connectivity index (χ0n) is 11.7. The van der Waals surface area contributed by atoms with Gasteiger partial charge in [0.15, 0.2) is 0 Å². The van der Waals surface area contributed by atoms with E-state index in [9.17, 15) is 0 Å². The van der Waals surface area contributed by atoms with Crippen LogP contribution in [0.25, 0.3) is 20.8 Å². The van der Waals surface area contributed by atoms with Crippen LogP contribution in [0, 0.1) is 0 Å². The number of hydrogen-bond donors (Lipinski definition) is 1. The van der Waals surface area contributed by atoms with Gasteiger partial charge >= 0.3 is 0 Å². The Bertz CT molecular complexity index is 712. The third-order valence-electron chi connectivity index (χ3n) is 3.15. The lowest BCUT2D eigenvalue weighted by Gasteiger charge is -2.05. The van der Waals surface area contributed by atoms with E-state index in [1.165, 1.54) is 0 Å². The number of unbranched alkanes of at least 4 members (excludes halogenated alkanes) is 1. The van der Waals surface area contributed by atoms with Gasteiger partial charge in [-0.2, -0.15) is 0 Å². The number of thiazole rings is 1. The van der Waals surface area contributed by atoms with Crippen molar-refractivity contribution in [1.29, 1.82) is 0 Å². The number of aromatic nitrogens is 2. The summed E-state index contributed by atoms with van der Waals surface area (Å²) in [4.78, 5) is 8.86. The first-order valence-electron chi connectivity index (χ1n) is 7.01. The highest BCUT2D eigenvalue weighted by Gasteiger charge is 2.10. The molecule has 3 rings (SSSR count). The van der Waals surface area contributed by atoms with Crippen LogP contribution in [-0.4, -0.2) is 23.1 Å². The van der Waals surface area contributed by atoms with Crippen molar-refractivity contribution in [2.24, 2.45) is 5.73 Å². The fraction of sp³-hybridized carbons (Fsp3) is 0.250. The van der Waals surface area contributed by atoms with E-state index in [1.54, 1.807) is 17.5 Å². The molecule has 21 heavy (non-hydrogen) atoms. The summed E-state index contributed by atoms with van der Waals surface area (Å²) in [6.45, 7) is 1.38. The van der Waals surface area contributed by atoms with E-state index in [0.717, 1.165) is 39.4 Å². The molecule has 0 saturated heterocycles. The Labute approximate surface area is 127 Å². The third-order valence-corrected chi connectivity index (χ3v) is 4.22. The minimum atomic E-state index is 0.677. The summed E-state index contributed by atoms with van der Waals surface area (Å²) in [5.41, 5.74) is 7.45. The third kappa shape index (κ3) is 3.20. The summed E-state index contributed by atoms with van der Waals surface area (Å²) in [7, 11) is 0. The molecule has 2 aromatic heterocycles. The van der Waals surface area contributed by atoms with Gasteiger partial charge in [0.2, 0.25) is 0 Å². The quantitative estimate of drug-likeness (QED) is 0.708. The Hall–Kier alpha value is -1.98. The molecule has 0 aliphatic rings. The average Bonchev–Trinajstić information content (AvgIpc) is 2.97. The molecule has 0 unspecified atom stereocenters. The number of hydrogen-bond acceptors (Lipinski definition) is 5. The van der Waals surface area contributed by atoms with E-state index >= 15 is 0 Å². The second-order valence-electron chi connectivity index (χ2n) is 4.71. The molecule has 0 aliphatic heterocycles. The van der Waals surface area contributed by atoms with Gasteiger partial charge in [0, 0.05) is 18.0 Å². The highest BCUT2D eigenvalue weighted by atomic mass is 32.1. The first-order chi connectivity index (χ1) is 10.4. The minimum Gasteiger partial charge on any atom is -0.491 e. The highest BCUT2D eigenvalue weighted by molar-refractivity contribution is 7.21. The van der Waals surface area contributed by atoms with E-state index in [4.69, 9.17) is 15.5 Å². The predicted octanol–water partition coefficient (Wildman–Crippen LogP) is 3.48. The maximum Gasteiger partial charge on any atom is 0.146 e. The second kappa shape index (κ2) is 6.65. The Morgan fingerprint density at radius 1 is 1.14 bits per heavy atom. The summed E-state index contributed by atoms with van der Waals surface area (Å²) in [5.74, 6) is 0.843. The van der Waals surface area contributed by atoms with Gasteiger partial charge < -0.3 is 10.5 Å². The number of pyridine rings is 1. The molecule has 0 fully saturated rings. The first kappa shape index (κ1) is 14.0. The van der Waals surface area contributed by atoms with E-state index in [-0.39, 0.29) is 0 Å². The van der Waals surface area contributed by atoms with Crippen molar-refractivity contribution in [3.63, 3.8) is 0 Å². The molecule has 0 saturated carbocycles. The molecule has 3 aromatic rings. The molecule has 2 heterocycles. The maximum absolute atomic E-state index is 5.84. The van der Waals surface area contributed by atoms with Crippen molar-refractivity contribution in [1.82, 2.24) is 9.97 Å². The van der Waals surface area contributed by atoms with E-state index in [1.807, 2.05) is 30.5 Å². The molecule has 0 spiro atoms. The lowest BCUT2D eigenvalue weighted by atomic mass is 10.3. The van der Waals surface area contributed by atoms with Crippen LogP contribution < -0.4 is 10.5 Å². The Morgan fingerprint density at radius 3 is 2.90 bits per heavy atom. The van der Waals surface area contributed by atoms with Crippen LogP contribution in [0.15, 0.2) is 42.7 Å². The zero-order valence-corrected chi connectivity index (χ0v) is 12.5. The number of nitrogens with zero attached hydrogens (tertiary/aromatic N) is 2. The maximum atomic E-state index is 5.84. The van der Waals surface area contributed by atoms with Crippen LogP contribution in [0.1, 0.15) is 12.8 Å². The number of nitrogens with two attached hydrogens (primary N) is 1. The standard InChI is InChI=1S/C16H17N3OS/c17-8-1-2-10-20-13-6-3-7-14-15(13)19-16(21-14)12-5-4-9-18-11-12/h3-7,9,11H,1-2,8,10,17H2. The summed E-state index contributed by atoms with van der Waals surface area (Å²) >= 11 is 1.66. The Morgan fingerprint density at radius 2 is 2.10 bits per heavy atom. The summed E-state index contributed by atoms with van der Waals surface area (Å²) in [5, 5.41) is 0.969.